The Morgan fingerprint density at radius 3 is 2.75 bits per heavy atom. The van der Waals surface area contributed by atoms with Gasteiger partial charge in [0, 0.05) is 5.56 Å². The summed E-state index contributed by atoms with van der Waals surface area (Å²) in [6, 6.07) is 17.6. The van der Waals surface area contributed by atoms with Gasteiger partial charge in [0.05, 0.1) is 6.04 Å². The lowest BCUT2D eigenvalue weighted by molar-refractivity contribution is -0.126. The molecule has 1 aliphatic rings. The van der Waals surface area contributed by atoms with Gasteiger partial charge in [-0.2, -0.15) is 0 Å². The Hall–Kier alpha value is -2.82. The monoisotopic (exact) mass is 323 g/mol. The standard InChI is InChI=1S/C19H21N3O2/c20-19(15-8-2-1-3-9-15)22-24-13-18(23)21-17-12-6-10-14-7-4-5-11-16(14)17/h1-5,7-9,11,17H,6,10,12-13H2,(H2,20,22)(H,21,23)/t17-/m1/s1. The quantitative estimate of drug-likeness (QED) is 0.504. The van der Waals surface area contributed by atoms with Crippen LogP contribution in [0.5, 0.6) is 0 Å². The molecule has 0 unspecified atom stereocenters. The van der Waals surface area contributed by atoms with Crippen molar-refractivity contribution in [3.63, 3.8) is 0 Å². The van der Waals surface area contributed by atoms with Crippen molar-refractivity contribution in [3.05, 3.63) is 71.3 Å². The third-order valence-corrected chi connectivity index (χ3v) is 4.13. The van der Waals surface area contributed by atoms with E-state index in [-0.39, 0.29) is 24.4 Å². The fourth-order valence-corrected chi connectivity index (χ4v) is 2.96. The molecule has 0 spiro atoms. The molecule has 0 aromatic heterocycles. The molecule has 0 saturated heterocycles. The normalized spacial score (nSPS) is 17.0. The van der Waals surface area contributed by atoms with Gasteiger partial charge in [0.25, 0.3) is 5.91 Å². The van der Waals surface area contributed by atoms with Crippen LogP contribution in [0.2, 0.25) is 0 Å². The van der Waals surface area contributed by atoms with Crippen molar-refractivity contribution < 1.29 is 9.63 Å². The molecule has 2 aromatic rings. The molecule has 1 amide bonds. The first-order chi connectivity index (χ1) is 11.7. The number of benzene rings is 2. The smallest absolute Gasteiger partial charge is 0.261 e. The highest BCUT2D eigenvalue weighted by atomic mass is 16.6. The third kappa shape index (κ3) is 3.93. The molecule has 124 valence electrons. The fraction of sp³-hybridized carbons (Fsp3) is 0.263. The van der Waals surface area contributed by atoms with Gasteiger partial charge in [0.2, 0.25) is 0 Å². The van der Waals surface area contributed by atoms with Gasteiger partial charge in [0.1, 0.15) is 0 Å². The van der Waals surface area contributed by atoms with Crippen molar-refractivity contribution in [1.82, 2.24) is 5.32 Å². The molecule has 24 heavy (non-hydrogen) atoms. The number of nitrogens with two attached hydrogens (primary N) is 1. The molecule has 1 atom stereocenters. The van der Waals surface area contributed by atoms with E-state index < -0.39 is 0 Å². The highest BCUT2D eigenvalue weighted by Crippen LogP contribution is 2.29. The Labute approximate surface area is 141 Å². The number of oxime groups is 1. The molecule has 0 heterocycles. The number of amidine groups is 1. The number of carbonyl (C=O) groups excluding carboxylic acids is 1. The first kappa shape index (κ1) is 16.1. The van der Waals surface area contributed by atoms with Crippen LogP contribution in [-0.4, -0.2) is 18.3 Å². The van der Waals surface area contributed by atoms with Gasteiger partial charge in [-0.25, -0.2) is 0 Å². The SMILES string of the molecule is N/C(=N/OCC(=O)N[C@@H]1CCCc2ccccc21)c1ccccc1. The lowest BCUT2D eigenvalue weighted by Gasteiger charge is -2.26. The summed E-state index contributed by atoms with van der Waals surface area (Å²) in [5.74, 6) is 0.0627. The number of aryl methyl sites for hydroxylation is 1. The van der Waals surface area contributed by atoms with Gasteiger partial charge in [-0.1, -0.05) is 59.8 Å². The average Bonchev–Trinajstić information content (AvgIpc) is 2.63. The summed E-state index contributed by atoms with van der Waals surface area (Å²) in [6.45, 7) is -0.147. The van der Waals surface area contributed by atoms with Crippen LogP contribution in [0.4, 0.5) is 0 Å². The lowest BCUT2D eigenvalue weighted by Crippen LogP contribution is -2.33. The van der Waals surface area contributed by atoms with E-state index in [9.17, 15) is 4.79 Å². The summed E-state index contributed by atoms with van der Waals surface area (Å²) in [5, 5.41) is 6.82. The van der Waals surface area contributed by atoms with Gasteiger partial charge in [-0.05, 0) is 30.4 Å². The largest absolute Gasteiger partial charge is 0.384 e. The van der Waals surface area contributed by atoms with Crippen molar-refractivity contribution in [2.45, 2.75) is 25.3 Å². The van der Waals surface area contributed by atoms with Crippen molar-refractivity contribution in [3.8, 4) is 0 Å². The van der Waals surface area contributed by atoms with Crippen LogP contribution < -0.4 is 11.1 Å². The number of rotatable bonds is 5. The van der Waals surface area contributed by atoms with Crippen LogP contribution in [0.1, 0.15) is 35.6 Å². The second kappa shape index (κ2) is 7.64. The zero-order chi connectivity index (χ0) is 16.8. The Balaban J connectivity index is 1.54. The molecule has 5 nitrogen and oxygen atoms in total. The van der Waals surface area contributed by atoms with Crippen LogP contribution in [0.25, 0.3) is 0 Å². The maximum atomic E-state index is 12.1. The van der Waals surface area contributed by atoms with Gasteiger partial charge in [-0.3, -0.25) is 4.79 Å². The topological polar surface area (TPSA) is 76.7 Å². The summed E-state index contributed by atoms with van der Waals surface area (Å²) >= 11 is 0. The van der Waals surface area contributed by atoms with E-state index in [1.165, 1.54) is 11.1 Å². The van der Waals surface area contributed by atoms with Gasteiger partial charge in [0.15, 0.2) is 12.4 Å². The molecular weight excluding hydrogens is 302 g/mol. The number of nitrogens with zero attached hydrogens (tertiary/aromatic N) is 1. The van der Waals surface area contributed by atoms with E-state index in [2.05, 4.69) is 22.6 Å². The molecule has 0 radical (unpaired) electrons. The molecule has 2 aromatic carbocycles. The Bertz CT molecular complexity index is 728. The minimum absolute atomic E-state index is 0.0431. The Morgan fingerprint density at radius 2 is 1.92 bits per heavy atom. The summed E-state index contributed by atoms with van der Waals surface area (Å²) in [4.78, 5) is 17.2. The Morgan fingerprint density at radius 1 is 1.17 bits per heavy atom. The minimum Gasteiger partial charge on any atom is -0.384 e. The Kier molecular flexibility index (Phi) is 5.11. The number of fused-ring (bicyclic) bond motifs is 1. The van der Waals surface area contributed by atoms with Crippen molar-refractivity contribution in [1.29, 1.82) is 0 Å². The van der Waals surface area contributed by atoms with E-state index in [0.29, 0.717) is 0 Å². The summed E-state index contributed by atoms with van der Waals surface area (Å²) in [6.07, 6.45) is 3.08. The molecule has 0 saturated carbocycles. The second-order valence-electron chi connectivity index (χ2n) is 5.83. The first-order valence-corrected chi connectivity index (χ1v) is 8.12. The average molecular weight is 323 g/mol. The van der Waals surface area contributed by atoms with Crippen LogP contribution in [0.15, 0.2) is 59.8 Å². The molecule has 0 bridgehead atoms. The van der Waals surface area contributed by atoms with E-state index in [1.807, 2.05) is 42.5 Å². The number of hydrogen-bond acceptors (Lipinski definition) is 3. The van der Waals surface area contributed by atoms with Gasteiger partial charge >= 0.3 is 0 Å². The van der Waals surface area contributed by atoms with Crippen LogP contribution >= 0.6 is 0 Å². The summed E-state index contributed by atoms with van der Waals surface area (Å²) in [5.41, 5.74) is 9.09. The summed E-state index contributed by atoms with van der Waals surface area (Å²) < 4.78 is 0. The zero-order valence-corrected chi connectivity index (χ0v) is 13.4. The molecule has 0 fully saturated rings. The molecular formula is C19H21N3O2. The van der Waals surface area contributed by atoms with Crippen molar-refractivity contribution in [2.75, 3.05) is 6.61 Å². The molecule has 0 aliphatic heterocycles. The van der Waals surface area contributed by atoms with E-state index in [1.54, 1.807) is 0 Å². The van der Waals surface area contributed by atoms with Crippen LogP contribution in [0.3, 0.4) is 0 Å². The number of carbonyl (C=O) groups is 1. The lowest BCUT2D eigenvalue weighted by atomic mass is 9.88. The number of amides is 1. The van der Waals surface area contributed by atoms with E-state index >= 15 is 0 Å². The fourth-order valence-electron chi connectivity index (χ4n) is 2.96. The van der Waals surface area contributed by atoms with E-state index in [0.717, 1.165) is 24.8 Å². The maximum Gasteiger partial charge on any atom is 0.261 e. The van der Waals surface area contributed by atoms with Crippen LogP contribution in [0, 0.1) is 0 Å². The first-order valence-electron chi connectivity index (χ1n) is 8.12. The summed E-state index contributed by atoms with van der Waals surface area (Å²) in [7, 11) is 0. The molecule has 1 aliphatic carbocycles. The molecule has 3 rings (SSSR count). The predicted octanol–water partition coefficient (Wildman–Crippen LogP) is 2.52. The van der Waals surface area contributed by atoms with Crippen molar-refractivity contribution >= 4 is 11.7 Å². The second-order valence-corrected chi connectivity index (χ2v) is 5.83. The molecule has 5 heteroatoms. The minimum atomic E-state index is -0.193. The molecule has 3 N–H and O–H groups in total. The number of hydrogen-bond donors (Lipinski definition) is 2. The maximum absolute atomic E-state index is 12.1. The number of nitrogens with one attached hydrogen (secondary N) is 1. The van der Waals surface area contributed by atoms with E-state index in [4.69, 9.17) is 10.6 Å². The zero-order valence-electron chi connectivity index (χ0n) is 13.4. The highest BCUT2D eigenvalue weighted by molar-refractivity contribution is 5.97. The van der Waals surface area contributed by atoms with Gasteiger partial charge < -0.3 is 15.9 Å². The van der Waals surface area contributed by atoms with Gasteiger partial charge in [-0.15, -0.1) is 0 Å². The van der Waals surface area contributed by atoms with Crippen molar-refractivity contribution in [2.24, 2.45) is 10.9 Å². The third-order valence-electron chi connectivity index (χ3n) is 4.13. The highest BCUT2D eigenvalue weighted by Gasteiger charge is 2.21. The predicted molar refractivity (Wildman–Crippen MR) is 93.4 cm³/mol. The van der Waals surface area contributed by atoms with Crippen LogP contribution in [-0.2, 0) is 16.1 Å².